The van der Waals surface area contributed by atoms with Crippen LogP contribution in [-0.4, -0.2) is 14.2 Å². The van der Waals surface area contributed by atoms with E-state index < -0.39 is 9.84 Å². The summed E-state index contributed by atoms with van der Waals surface area (Å²) in [6, 6.07) is 0. The average molecular weight is 90.1 g/mol. The molecule has 2 radical (unpaired) electrons. The predicted molar refractivity (Wildman–Crippen MR) is 17.0 cm³/mol. The zero-order valence-electron chi connectivity index (χ0n) is 2.43. The van der Waals surface area contributed by atoms with Crippen LogP contribution in [0.1, 0.15) is 0 Å². The zero-order valence-corrected chi connectivity index (χ0v) is 3.25. The van der Waals surface area contributed by atoms with E-state index in [9.17, 15) is 8.42 Å². The van der Waals surface area contributed by atoms with Gasteiger partial charge in [-0.3, -0.25) is 0 Å². The lowest BCUT2D eigenvalue weighted by Crippen LogP contribution is -1.59. The van der Waals surface area contributed by atoms with E-state index in [2.05, 4.69) is 5.75 Å². The van der Waals surface area contributed by atoms with Gasteiger partial charge in [0, 0.05) is 0 Å². The fraction of sp³-hybridized carbons (Fsp3) is 0.500. The van der Waals surface area contributed by atoms with Crippen molar-refractivity contribution in [3.63, 3.8) is 0 Å². The molecule has 0 saturated carbocycles. The molecule has 28 valence electrons. The summed E-state index contributed by atoms with van der Waals surface area (Å²) >= 11 is 0. The SMILES string of the molecule is O=S1(=O)[C]C1. The van der Waals surface area contributed by atoms with Crippen LogP contribution < -0.4 is 0 Å². The molecule has 1 aliphatic heterocycles. The van der Waals surface area contributed by atoms with E-state index in [1.807, 2.05) is 0 Å². The molecule has 0 spiro atoms. The number of hydrogen-bond donors (Lipinski definition) is 0. The third-order valence-corrected chi connectivity index (χ3v) is 1.14. The van der Waals surface area contributed by atoms with Crippen LogP contribution in [0.3, 0.4) is 0 Å². The highest BCUT2D eigenvalue weighted by Gasteiger charge is 2.27. The Balaban J connectivity index is 3.15. The quantitative estimate of drug-likeness (QED) is 0.374. The molecule has 0 N–H and O–H groups in total. The molecule has 3 heteroatoms. The molecular weight excluding hydrogens is 88.1 g/mol. The highest BCUT2D eigenvalue weighted by atomic mass is 32.2. The van der Waals surface area contributed by atoms with Gasteiger partial charge in [-0.25, -0.2) is 8.42 Å². The van der Waals surface area contributed by atoms with Gasteiger partial charge in [0.05, 0.1) is 5.75 Å². The van der Waals surface area contributed by atoms with E-state index in [4.69, 9.17) is 0 Å². The van der Waals surface area contributed by atoms with E-state index >= 15 is 0 Å². The predicted octanol–water partition coefficient (Wildman–Crippen LogP) is -0.546. The van der Waals surface area contributed by atoms with Crippen LogP contribution in [0.5, 0.6) is 0 Å². The minimum Gasteiger partial charge on any atom is -0.228 e. The molecule has 1 saturated heterocycles. The summed E-state index contributed by atoms with van der Waals surface area (Å²) in [5.41, 5.74) is 0. The van der Waals surface area contributed by atoms with Crippen LogP contribution in [0.15, 0.2) is 0 Å². The third-order valence-electron chi connectivity index (χ3n) is 0.380. The van der Waals surface area contributed by atoms with E-state index in [1.165, 1.54) is 0 Å². The number of sulfone groups is 1. The lowest BCUT2D eigenvalue weighted by Gasteiger charge is -1.44. The molecule has 1 heterocycles. The Bertz CT molecular complexity index is 111. The molecule has 1 fully saturated rings. The lowest BCUT2D eigenvalue weighted by molar-refractivity contribution is 0.616. The molecular formula is C2H2O2S. The summed E-state index contributed by atoms with van der Waals surface area (Å²) < 4.78 is 19.3. The highest BCUT2D eigenvalue weighted by molar-refractivity contribution is 8.00. The van der Waals surface area contributed by atoms with Gasteiger partial charge in [-0.2, -0.15) is 0 Å². The van der Waals surface area contributed by atoms with E-state index in [0.29, 0.717) is 0 Å². The van der Waals surface area contributed by atoms with Gasteiger partial charge in [0.1, 0.15) is 5.75 Å². The van der Waals surface area contributed by atoms with Crippen molar-refractivity contribution < 1.29 is 8.42 Å². The Morgan fingerprint density at radius 1 is 1.60 bits per heavy atom. The third kappa shape index (κ3) is 0.613. The van der Waals surface area contributed by atoms with Crippen molar-refractivity contribution >= 4 is 9.84 Å². The Morgan fingerprint density at radius 2 is 1.80 bits per heavy atom. The maximum absolute atomic E-state index is 9.63. The zero-order chi connectivity index (χ0) is 3.91. The van der Waals surface area contributed by atoms with Gasteiger partial charge < -0.3 is 0 Å². The van der Waals surface area contributed by atoms with Crippen LogP contribution in [0.2, 0.25) is 0 Å². The van der Waals surface area contributed by atoms with Gasteiger partial charge in [-0.1, -0.05) is 0 Å². The monoisotopic (exact) mass is 90.0 g/mol. The smallest absolute Gasteiger partial charge is 0.162 e. The fourth-order valence-corrected chi connectivity index (χ4v) is 0.433. The molecule has 0 amide bonds. The van der Waals surface area contributed by atoms with Crippen molar-refractivity contribution in [3.8, 4) is 0 Å². The summed E-state index contributed by atoms with van der Waals surface area (Å²) in [5, 5.41) is 0. The molecule has 5 heavy (non-hydrogen) atoms. The molecule has 0 unspecified atom stereocenters. The van der Waals surface area contributed by atoms with Crippen LogP contribution >= 0.6 is 0 Å². The molecule has 0 atom stereocenters. The van der Waals surface area contributed by atoms with Crippen LogP contribution in [-0.2, 0) is 9.84 Å². The van der Waals surface area contributed by atoms with E-state index in [1.54, 1.807) is 0 Å². The molecule has 0 aromatic carbocycles. The first-order chi connectivity index (χ1) is 2.21. The maximum Gasteiger partial charge on any atom is 0.162 e. The van der Waals surface area contributed by atoms with Crippen molar-refractivity contribution in [2.45, 2.75) is 0 Å². The van der Waals surface area contributed by atoms with Crippen molar-refractivity contribution in [2.75, 3.05) is 5.75 Å². The summed E-state index contributed by atoms with van der Waals surface area (Å²) in [6.45, 7) is 0. The Morgan fingerprint density at radius 3 is 1.80 bits per heavy atom. The van der Waals surface area contributed by atoms with Crippen molar-refractivity contribution in [1.82, 2.24) is 0 Å². The topological polar surface area (TPSA) is 34.1 Å². The summed E-state index contributed by atoms with van der Waals surface area (Å²) in [4.78, 5) is 0. The second-order valence-corrected chi connectivity index (χ2v) is 2.71. The first kappa shape index (κ1) is 3.15. The standard InChI is InChI=1S/C2H2O2S/c3-5(4)1-2-5/h1H2. The van der Waals surface area contributed by atoms with Gasteiger partial charge in [0.25, 0.3) is 0 Å². The van der Waals surface area contributed by atoms with Crippen LogP contribution in [0.25, 0.3) is 0 Å². The van der Waals surface area contributed by atoms with E-state index in [0.717, 1.165) is 0 Å². The molecule has 0 aliphatic carbocycles. The van der Waals surface area contributed by atoms with Crippen molar-refractivity contribution in [2.24, 2.45) is 0 Å². The molecule has 1 rings (SSSR count). The molecule has 0 bridgehead atoms. The lowest BCUT2D eigenvalue weighted by atomic mass is 11.0. The average Bonchev–Trinajstić information content (AvgIpc) is 1.76. The molecule has 0 aromatic rings. The first-order valence-corrected chi connectivity index (χ1v) is 2.83. The second kappa shape index (κ2) is 0.544. The summed E-state index contributed by atoms with van der Waals surface area (Å²) in [5.74, 6) is 2.32. The van der Waals surface area contributed by atoms with Gasteiger partial charge in [-0.15, -0.1) is 0 Å². The highest BCUT2D eigenvalue weighted by Crippen LogP contribution is 2.12. The van der Waals surface area contributed by atoms with Crippen LogP contribution in [0.4, 0.5) is 0 Å². The second-order valence-electron chi connectivity index (χ2n) is 0.903. The Labute approximate surface area is 30.7 Å². The molecule has 0 aromatic heterocycles. The van der Waals surface area contributed by atoms with Gasteiger partial charge in [-0.05, 0) is 0 Å². The minimum atomic E-state index is -2.67. The van der Waals surface area contributed by atoms with Crippen LogP contribution in [0, 0.1) is 5.75 Å². The van der Waals surface area contributed by atoms with E-state index in [-0.39, 0.29) is 5.75 Å². The van der Waals surface area contributed by atoms with Gasteiger partial charge in [0.2, 0.25) is 0 Å². The number of rotatable bonds is 0. The normalized spacial score (nSPS) is 29.6. The first-order valence-electron chi connectivity index (χ1n) is 1.18. The summed E-state index contributed by atoms with van der Waals surface area (Å²) in [7, 11) is -2.67. The Hall–Kier alpha value is -0.0500. The Kier molecular flexibility index (Phi) is 0.343. The van der Waals surface area contributed by atoms with Crippen molar-refractivity contribution in [3.05, 3.63) is 5.75 Å². The number of hydrogen-bond acceptors (Lipinski definition) is 2. The fourth-order valence-electron chi connectivity index (χ4n) is 0.0481. The minimum absolute atomic E-state index is 0.174. The maximum atomic E-state index is 9.63. The van der Waals surface area contributed by atoms with Gasteiger partial charge in [0.15, 0.2) is 9.84 Å². The van der Waals surface area contributed by atoms with Gasteiger partial charge >= 0.3 is 0 Å². The van der Waals surface area contributed by atoms with Crippen molar-refractivity contribution in [1.29, 1.82) is 0 Å². The largest absolute Gasteiger partial charge is 0.228 e. The summed E-state index contributed by atoms with van der Waals surface area (Å²) in [6.07, 6.45) is 0. The molecule has 1 aliphatic rings. The molecule has 2 nitrogen and oxygen atoms in total.